The quantitative estimate of drug-likeness (QED) is 0.765. The van der Waals surface area contributed by atoms with Gasteiger partial charge in [0.05, 0.1) is 12.0 Å². The van der Waals surface area contributed by atoms with Crippen molar-refractivity contribution >= 4 is 15.9 Å². The van der Waals surface area contributed by atoms with Crippen LogP contribution in [0.15, 0.2) is 35.2 Å². The molecule has 1 heterocycles. The third kappa shape index (κ3) is 1.46. The second-order valence-corrected chi connectivity index (χ2v) is 3.73. The van der Waals surface area contributed by atoms with Crippen LogP contribution in [0.3, 0.4) is 0 Å². The molecule has 0 saturated carbocycles. The van der Waals surface area contributed by atoms with Crippen LogP contribution in [-0.2, 0) is 7.05 Å². The molecule has 1 aromatic carbocycles. The van der Waals surface area contributed by atoms with E-state index in [2.05, 4.69) is 20.9 Å². The molecule has 0 N–H and O–H groups in total. The van der Waals surface area contributed by atoms with Gasteiger partial charge in [-0.1, -0.05) is 12.1 Å². The molecule has 0 saturated heterocycles. The Morgan fingerprint density at radius 1 is 1.36 bits per heavy atom. The predicted octanol–water partition coefficient (Wildman–Crippen LogP) is 2.99. The van der Waals surface area contributed by atoms with Crippen molar-refractivity contribution in [1.29, 1.82) is 0 Å². The van der Waals surface area contributed by atoms with E-state index in [1.807, 2.05) is 7.05 Å². The fourth-order valence-electron chi connectivity index (χ4n) is 1.36. The first kappa shape index (κ1) is 9.40. The van der Waals surface area contributed by atoms with Gasteiger partial charge in [-0.25, -0.2) is 9.37 Å². The summed E-state index contributed by atoms with van der Waals surface area (Å²) in [4.78, 5) is 4.05. The van der Waals surface area contributed by atoms with Gasteiger partial charge in [-0.3, -0.25) is 0 Å². The monoisotopic (exact) mass is 254 g/mol. The van der Waals surface area contributed by atoms with E-state index >= 15 is 0 Å². The lowest BCUT2D eigenvalue weighted by molar-refractivity contribution is 0.629. The molecule has 72 valence electrons. The zero-order valence-electron chi connectivity index (χ0n) is 7.54. The van der Waals surface area contributed by atoms with Crippen molar-refractivity contribution in [1.82, 2.24) is 9.55 Å². The minimum atomic E-state index is -0.239. The van der Waals surface area contributed by atoms with Crippen molar-refractivity contribution in [3.63, 3.8) is 0 Å². The van der Waals surface area contributed by atoms with Crippen LogP contribution in [0.25, 0.3) is 11.3 Å². The van der Waals surface area contributed by atoms with E-state index < -0.39 is 0 Å². The molecule has 1 aromatic heterocycles. The molecule has 0 aliphatic heterocycles. The van der Waals surface area contributed by atoms with E-state index in [4.69, 9.17) is 0 Å². The Morgan fingerprint density at radius 3 is 2.64 bits per heavy atom. The zero-order chi connectivity index (χ0) is 10.1. The van der Waals surface area contributed by atoms with Crippen LogP contribution in [0.1, 0.15) is 0 Å². The second kappa shape index (κ2) is 3.53. The van der Waals surface area contributed by atoms with Crippen LogP contribution in [-0.4, -0.2) is 9.55 Å². The molecule has 2 aromatic rings. The Balaban J connectivity index is 2.66. The summed E-state index contributed by atoms with van der Waals surface area (Å²) in [6.07, 6.45) is 1.64. The number of halogens is 2. The van der Waals surface area contributed by atoms with Gasteiger partial charge in [0.15, 0.2) is 0 Å². The summed E-state index contributed by atoms with van der Waals surface area (Å²) in [6.45, 7) is 0. The summed E-state index contributed by atoms with van der Waals surface area (Å²) in [5.41, 5.74) is 1.31. The molecular formula is C10H8BrFN2. The first-order valence-corrected chi connectivity index (χ1v) is 4.91. The fraction of sp³-hybridized carbons (Fsp3) is 0.100. The number of aryl methyl sites for hydroxylation is 1. The van der Waals surface area contributed by atoms with E-state index in [1.165, 1.54) is 6.07 Å². The zero-order valence-corrected chi connectivity index (χ0v) is 9.12. The highest BCUT2D eigenvalue weighted by atomic mass is 79.9. The Morgan fingerprint density at radius 2 is 2.07 bits per heavy atom. The van der Waals surface area contributed by atoms with E-state index in [0.717, 1.165) is 5.69 Å². The minimum absolute atomic E-state index is 0.239. The maximum absolute atomic E-state index is 13.5. The number of hydrogen-bond acceptors (Lipinski definition) is 1. The van der Waals surface area contributed by atoms with Crippen LogP contribution in [0.2, 0.25) is 0 Å². The number of rotatable bonds is 1. The largest absolute Gasteiger partial charge is 0.333 e. The Labute approximate surface area is 89.5 Å². The van der Waals surface area contributed by atoms with E-state index in [0.29, 0.717) is 10.2 Å². The molecule has 0 fully saturated rings. The third-order valence-electron chi connectivity index (χ3n) is 2.02. The van der Waals surface area contributed by atoms with Gasteiger partial charge in [0, 0.05) is 12.6 Å². The Hall–Kier alpha value is -1.16. The highest BCUT2D eigenvalue weighted by molar-refractivity contribution is 9.10. The second-order valence-electron chi connectivity index (χ2n) is 2.97. The molecule has 0 aliphatic carbocycles. The van der Waals surface area contributed by atoms with Crippen LogP contribution in [0, 0.1) is 5.82 Å². The summed E-state index contributed by atoms with van der Waals surface area (Å²) >= 11 is 3.29. The summed E-state index contributed by atoms with van der Waals surface area (Å²) in [6, 6.07) is 6.65. The smallest absolute Gasteiger partial charge is 0.132 e. The Bertz CT molecular complexity index is 445. The predicted molar refractivity (Wildman–Crippen MR) is 56.3 cm³/mol. The Kier molecular flexibility index (Phi) is 2.37. The number of imidazole rings is 1. The topological polar surface area (TPSA) is 17.8 Å². The lowest BCUT2D eigenvalue weighted by atomic mass is 10.1. The number of nitrogens with zero attached hydrogens (tertiary/aromatic N) is 2. The van der Waals surface area contributed by atoms with Crippen molar-refractivity contribution in [2.75, 3.05) is 0 Å². The molecule has 0 bridgehead atoms. The normalized spacial score (nSPS) is 10.5. The first-order valence-electron chi connectivity index (χ1n) is 4.12. The third-order valence-corrected chi connectivity index (χ3v) is 2.60. The average molecular weight is 255 g/mol. The molecule has 2 nitrogen and oxygen atoms in total. The average Bonchev–Trinajstić information content (AvgIpc) is 2.48. The van der Waals surface area contributed by atoms with Gasteiger partial charge >= 0.3 is 0 Å². The first-order chi connectivity index (χ1) is 6.70. The maximum Gasteiger partial charge on any atom is 0.132 e. The SMILES string of the molecule is Cn1cnc(Br)c1-c1ccccc1F. The molecule has 0 spiro atoms. The standard InChI is InChI=1S/C10H8BrFN2/c1-14-6-13-10(11)9(14)7-4-2-3-5-8(7)12/h2-6H,1H3. The molecular weight excluding hydrogens is 247 g/mol. The lowest BCUT2D eigenvalue weighted by Crippen LogP contribution is -1.92. The molecule has 0 atom stereocenters. The molecule has 0 unspecified atom stereocenters. The van der Waals surface area contributed by atoms with Gasteiger partial charge in [-0.15, -0.1) is 0 Å². The molecule has 14 heavy (non-hydrogen) atoms. The highest BCUT2D eigenvalue weighted by Gasteiger charge is 2.11. The van der Waals surface area contributed by atoms with Crippen LogP contribution >= 0.6 is 15.9 Å². The van der Waals surface area contributed by atoms with Gasteiger partial charge in [0.1, 0.15) is 10.4 Å². The molecule has 0 aliphatic rings. The van der Waals surface area contributed by atoms with E-state index in [-0.39, 0.29) is 5.82 Å². The highest BCUT2D eigenvalue weighted by Crippen LogP contribution is 2.28. The van der Waals surface area contributed by atoms with Gasteiger partial charge in [0.25, 0.3) is 0 Å². The summed E-state index contributed by atoms with van der Waals surface area (Å²) in [7, 11) is 1.83. The summed E-state index contributed by atoms with van der Waals surface area (Å²) in [5.74, 6) is -0.239. The van der Waals surface area contributed by atoms with Crippen LogP contribution in [0.5, 0.6) is 0 Å². The van der Waals surface area contributed by atoms with Crippen molar-refractivity contribution in [3.8, 4) is 11.3 Å². The molecule has 0 amide bonds. The minimum Gasteiger partial charge on any atom is -0.333 e. The molecule has 2 rings (SSSR count). The van der Waals surface area contributed by atoms with Crippen molar-refractivity contribution in [2.24, 2.45) is 7.05 Å². The van der Waals surface area contributed by atoms with Crippen molar-refractivity contribution < 1.29 is 4.39 Å². The summed E-state index contributed by atoms with van der Waals surface area (Å²) in [5, 5.41) is 0. The van der Waals surface area contributed by atoms with E-state index in [9.17, 15) is 4.39 Å². The molecule has 4 heteroatoms. The fourth-order valence-corrected chi connectivity index (χ4v) is 1.94. The summed E-state index contributed by atoms with van der Waals surface area (Å²) < 4.78 is 15.9. The van der Waals surface area contributed by atoms with Crippen LogP contribution < -0.4 is 0 Å². The van der Waals surface area contributed by atoms with Crippen molar-refractivity contribution in [3.05, 3.63) is 41.0 Å². The van der Waals surface area contributed by atoms with Gasteiger partial charge < -0.3 is 4.57 Å². The number of benzene rings is 1. The number of aromatic nitrogens is 2. The van der Waals surface area contributed by atoms with E-state index in [1.54, 1.807) is 29.1 Å². The lowest BCUT2D eigenvalue weighted by Gasteiger charge is -2.04. The molecule has 0 radical (unpaired) electrons. The van der Waals surface area contributed by atoms with Crippen LogP contribution in [0.4, 0.5) is 4.39 Å². The number of hydrogen-bond donors (Lipinski definition) is 0. The van der Waals surface area contributed by atoms with Crippen molar-refractivity contribution in [2.45, 2.75) is 0 Å². The maximum atomic E-state index is 13.5. The van der Waals surface area contributed by atoms with Gasteiger partial charge in [-0.2, -0.15) is 0 Å². The van der Waals surface area contributed by atoms with Gasteiger partial charge in [0.2, 0.25) is 0 Å². The van der Waals surface area contributed by atoms with Gasteiger partial charge in [-0.05, 0) is 28.1 Å².